The van der Waals surface area contributed by atoms with Gasteiger partial charge in [-0.1, -0.05) is 36.4 Å². The number of aliphatic hydroxyl groups is 1. The van der Waals surface area contributed by atoms with Gasteiger partial charge >= 0.3 is 12.1 Å². The van der Waals surface area contributed by atoms with Crippen molar-refractivity contribution in [1.29, 1.82) is 0 Å². The number of hydrogen-bond acceptors (Lipinski definition) is 7. The maximum absolute atomic E-state index is 12.4. The number of ether oxygens (including phenoxy) is 4. The molecular weight excluding hydrogens is 390 g/mol. The minimum Gasteiger partial charge on any atom is -0.486 e. The molecule has 0 unspecified atom stereocenters. The monoisotopic (exact) mass is 415 g/mol. The van der Waals surface area contributed by atoms with Crippen molar-refractivity contribution in [3.8, 4) is 11.5 Å². The van der Waals surface area contributed by atoms with Crippen molar-refractivity contribution in [2.45, 2.75) is 32.1 Å². The van der Waals surface area contributed by atoms with Crippen LogP contribution >= 0.6 is 0 Å². The number of esters is 1. The number of carbonyl (C=O) groups excluding carboxylic acids is 2. The van der Waals surface area contributed by atoms with E-state index in [-0.39, 0.29) is 32.8 Å². The molecule has 0 aromatic heterocycles. The first-order valence-corrected chi connectivity index (χ1v) is 9.76. The second-order valence-corrected chi connectivity index (χ2v) is 6.73. The summed E-state index contributed by atoms with van der Waals surface area (Å²) in [4.78, 5) is 24.6. The van der Waals surface area contributed by atoms with Crippen molar-refractivity contribution >= 4 is 12.1 Å². The summed E-state index contributed by atoms with van der Waals surface area (Å²) in [6, 6.07) is 13.6. The Balaban J connectivity index is 1.65. The molecule has 1 aliphatic heterocycles. The van der Waals surface area contributed by atoms with Gasteiger partial charge in [0.1, 0.15) is 19.3 Å². The lowest BCUT2D eigenvalue weighted by atomic mass is 10.0. The van der Waals surface area contributed by atoms with Crippen LogP contribution in [0.15, 0.2) is 48.5 Å². The fraction of sp³-hybridized carbons (Fsp3) is 0.364. The zero-order valence-corrected chi connectivity index (χ0v) is 16.7. The maximum Gasteiger partial charge on any atom is 0.408 e. The number of nitrogens with one attached hydrogen (secondary N) is 1. The molecule has 0 spiro atoms. The Hall–Kier alpha value is -3.26. The summed E-state index contributed by atoms with van der Waals surface area (Å²) in [6.45, 7) is 2.08. The zero-order valence-electron chi connectivity index (χ0n) is 16.7. The van der Waals surface area contributed by atoms with E-state index in [1.165, 1.54) is 0 Å². The SMILES string of the molecule is CCOC(=O)[C@H](Cc1ccc2c(c1)O[C@@H](CO)CO2)NC(=O)OCc1ccccc1. The topological polar surface area (TPSA) is 103 Å². The molecular formula is C22H25NO7. The highest BCUT2D eigenvalue weighted by atomic mass is 16.6. The first-order chi connectivity index (χ1) is 14.6. The summed E-state index contributed by atoms with van der Waals surface area (Å²) >= 11 is 0. The largest absolute Gasteiger partial charge is 0.486 e. The molecule has 0 bridgehead atoms. The number of amides is 1. The van der Waals surface area contributed by atoms with Gasteiger partial charge in [0, 0.05) is 6.42 Å². The van der Waals surface area contributed by atoms with Crippen LogP contribution in [0.4, 0.5) is 4.79 Å². The summed E-state index contributed by atoms with van der Waals surface area (Å²) in [6.07, 6.45) is -0.978. The van der Waals surface area contributed by atoms with Gasteiger partial charge in [-0.15, -0.1) is 0 Å². The Kier molecular flexibility index (Phi) is 7.51. The second kappa shape index (κ2) is 10.5. The van der Waals surface area contributed by atoms with E-state index in [1.54, 1.807) is 25.1 Å². The van der Waals surface area contributed by atoms with Crippen LogP contribution in [0.25, 0.3) is 0 Å². The molecule has 3 rings (SSSR count). The average molecular weight is 415 g/mol. The Morgan fingerprint density at radius 3 is 2.67 bits per heavy atom. The van der Waals surface area contributed by atoms with Gasteiger partial charge in [-0.05, 0) is 30.2 Å². The van der Waals surface area contributed by atoms with Crippen molar-refractivity contribution in [2.75, 3.05) is 19.8 Å². The highest BCUT2D eigenvalue weighted by Gasteiger charge is 2.25. The molecule has 8 heteroatoms. The minimum absolute atomic E-state index is 0.0921. The molecule has 0 radical (unpaired) electrons. The number of benzene rings is 2. The number of hydrogen-bond donors (Lipinski definition) is 2. The van der Waals surface area contributed by atoms with Gasteiger partial charge in [0.05, 0.1) is 13.2 Å². The van der Waals surface area contributed by atoms with Crippen LogP contribution in [0.3, 0.4) is 0 Å². The molecule has 0 saturated heterocycles. The number of aliphatic hydroxyl groups excluding tert-OH is 1. The summed E-state index contributed by atoms with van der Waals surface area (Å²) in [5, 5.41) is 11.8. The summed E-state index contributed by atoms with van der Waals surface area (Å²) in [5.74, 6) is 0.482. The molecule has 30 heavy (non-hydrogen) atoms. The third-order valence-corrected chi connectivity index (χ3v) is 4.45. The van der Waals surface area contributed by atoms with Gasteiger partial charge in [-0.25, -0.2) is 9.59 Å². The van der Waals surface area contributed by atoms with Gasteiger partial charge in [-0.3, -0.25) is 0 Å². The van der Waals surface area contributed by atoms with Crippen LogP contribution in [0.1, 0.15) is 18.1 Å². The molecule has 0 saturated carbocycles. The number of alkyl carbamates (subject to hydrolysis) is 1. The van der Waals surface area contributed by atoms with Gasteiger partial charge in [0.15, 0.2) is 17.6 Å². The summed E-state index contributed by atoms with van der Waals surface area (Å²) < 4.78 is 21.5. The summed E-state index contributed by atoms with van der Waals surface area (Å²) in [7, 11) is 0. The van der Waals surface area contributed by atoms with Gasteiger partial charge in [-0.2, -0.15) is 0 Å². The van der Waals surface area contributed by atoms with Crippen molar-refractivity contribution < 1.29 is 33.6 Å². The van der Waals surface area contributed by atoms with Crippen LogP contribution in [0, 0.1) is 0 Å². The predicted octanol–water partition coefficient (Wildman–Crippen LogP) is 2.22. The average Bonchev–Trinajstić information content (AvgIpc) is 2.77. The quantitative estimate of drug-likeness (QED) is 0.637. The van der Waals surface area contributed by atoms with Gasteiger partial charge in [0.2, 0.25) is 0 Å². The maximum atomic E-state index is 12.4. The van der Waals surface area contributed by atoms with E-state index in [0.29, 0.717) is 11.5 Å². The van der Waals surface area contributed by atoms with Crippen molar-refractivity contribution in [1.82, 2.24) is 5.32 Å². The summed E-state index contributed by atoms with van der Waals surface area (Å²) in [5.41, 5.74) is 1.57. The normalized spacial score (nSPS) is 15.7. The first kappa shape index (κ1) is 21.4. The van der Waals surface area contributed by atoms with E-state index < -0.39 is 24.2 Å². The first-order valence-electron chi connectivity index (χ1n) is 9.76. The van der Waals surface area contributed by atoms with E-state index in [0.717, 1.165) is 11.1 Å². The lowest BCUT2D eigenvalue weighted by Crippen LogP contribution is -2.43. The van der Waals surface area contributed by atoms with Crippen LogP contribution in [-0.2, 0) is 27.3 Å². The third-order valence-electron chi connectivity index (χ3n) is 4.45. The molecule has 2 N–H and O–H groups in total. The lowest BCUT2D eigenvalue weighted by molar-refractivity contribution is -0.145. The number of fused-ring (bicyclic) bond motifs is 1. The van der Waals surface area contributed by atoms with E-state index in [9.17, 15) is 14.7 Å². The fourth-order valence-corrected chi connectivity index (χ4v) is 2.96. The Morgan fingerprint density at radius 2 is 1.93 bits per heavy atom. The molecule has 1 heterocycles. The Labute approximate surface area is 174 Å². The molecule has 160 valence electrons. The standard InChI is InChI=1S/C22H25NO7/c1-2-27-21(25)18(23-22(26)29-13-15-6-4-3-5-7-15)10-16-8-9-19-20(11-16)30-17(12-24)14-28-19/h3-9,11,17-18,24H,2,10,12-14H2,1H3,(H,23,26)/t17-,18-/m0/s1. The molecule has 1 aliphatic rings. The smallest absolute Gasteiger partial charge is 0.408 e. The van der Waals surface area contributed by atoms with Crippen LogP contribution < -0.4 is 14.8 Å². The molecule has 0 fully saturated rings. The fourth-order valence-electron chi connectivity index (χ4n) is 2.96. The van der Waals surface area contributed by atoms with E-state index in [4.69, 9.17) is 18.9 Å². The van der Waals surface area contributed by atoms with Crippen molar-refractivity contribution in [2.24, 2.45) is 0 Å². The Morgan fingerprint density at radius 1 is 1.13 bits per heavy atom. The molecule has 2 atom stereocenters. The highest BCUT2D eigenvalue weighted by Crippen LogP contribution is 2.32. The van der Waals surface area contributed by atoms with Gasteiger partial charge in [0.25, 0.3) is 0 Å². The van der Waals surface area contributed by atoms with Crippen molar-refractivity contribution in [3.05, 3.63) is 59.7 Å². The number of rotatable bonds is 8. The predicted molar refractivity (Wildman–Crippen MR) is 107 cm³/mol. The van der Waals surface area contributed by atoms with E-state index in [1.807, 2.05) is 30.3 Å². The lowest BCUT2D eigenvalue weighted by Gasteiger charge is -2.26. The van der Waals surface area contributed by atoms with Crippen LogP contribution in [0.5, 0.6) is 11.5 Å². The van der Waals surface area contributed by atoms with Crippen LogP contribution in [-0.4, -0.2) is 49.1 Å². The molecule has 2 aromatic carbocycles. The van der Waals surface area contributed by atoms with Crippen molar-refractivity contribution in [3.63, 3.8) is 0 Å². The third kappa shape index (κ3) is 5.87. The molecule has 2 aromatic rings. The van der Waals surface area contributed by atoms with Crippen LogP contribution in [0.2, 0.25) is 0 Å². The molecule has 0 aliphatic carbocycles. The molecule has 8 nitrogen and oxygen atoms in total. The zero-order chi connectivity index (χ0) is 21.3. The van der Waals surface area contributed by atoms with E-state index >= 15 is 0 Å². The minimum atomic E-state index is -0.926. The highest BCUT2D eigenvalue weighted by molar-refractivity contribution is 5.81. The van der Waals surface area contributed by atoms with E-state index in [2.05, 4.69) is 5.32 Å². The second-order valence-electron chi connectivity index (χ2n) is 6.73. The molecule has 1 amide bonds. The van der Waals surface area contributed by atoms with Gasteiger partial charge < -0.3 is 29.4 Å². The Bertz CT molecular complexity index is 856. The number of carbonyl (C=O) groups is 2.